The van der Waals surface area contributed by atoms with Gasteiger partial charge in [0.05, 0.1) is 6.61 Å². The van der Waals surface area contributed by atoms with Gasteiger partial charge in [-0.2, -0.15) is 0 Å². The summed E-state index contributed by atoms with van der Waals surface area (Å²) in [7, 11) is -5.00. The van der Waals surface area contributed by atoms with E-state index in [1.165, 1.54) is 0 Å². The number of phosphoric acid groups is 1. The zero-order valence-electron chi connectivity index (χ0n) is 37.2. The molecule has 0 aromatic rings. The molecule has 0 radical (unpaired) electrons. The summed E-state index contributed by atoms with van der Waals surface area (Å²) in [6, 6.07) is -1.45. The number of hydrogen-bond donors (Lipinski definition) is 1. The lowest BCUT2D eigenvalue weighted by molar-refractivity contribution is -0.441. The van der Waals surface area contributed by atoms with E-state index >= 15 is 0 Å². The third kappa shape index (κ3) is 42.1. The molecule has 0 bridgehead atoms. The van der Waals surface area contributed by atoms with Crippen LogP contribution in [0.15, 0.2) is 146 Å². The van der Waals surface area contributed by atoms with E-state index in [9.17, 15) is 28.9 Å². The molecule has 12 heteroatoms. The van der Waals surface area contributed by atoms with Crippen molar-refractivity contribution in [2.75, 3.05) is 19.8 Å². The molecule has 344 valence electrons. The smallest absolute Gasteiger partial charge is 0.306 e. The van der Waals surface area contributed by atoms with Crippen LogP contribution in [0.2, 0.25) is 0 Å². The topological polar surface area (TPSA) is 179 Å². The van der Waals surface area contributed by atoms with Crippen LogP contribution in [0.5, 0.6) is 0 Å². The van der Waals surface area contributed by atoms with E-state index in [0.29, 0.717) is 25.7 Å². The van der Waals surface area contributed by atoms with Gasteiger partial charge in [0.25, 0.3) is 7.82 Å². The van der Waals surface area contributed by atoms with Crippen LogP contribution in [0, 0.1) is 0 Å². The summed E-state index contributed by atoms with van der Waals surface area (Å²) < 4.78 is 32.2. The number of esters is 2. The number of carboxylic acids is 1. The fourth-order valence-electron chi connectivity index (χ4n) is 4.76. The molecule has 3 N–H and O–H groups in total. The predicted molar refractivity (Wildman–Crippen MR) is 247 cm³/mol. The highest BCUT2D eigenvalue weighted by Crippen LogP contribution is 2.38. The highest BCUT2D eigenvalue weighted by atomic mass is 31.2. The van der Waals surface area contributed by atoms with Gasteiger partial charge in [0.2, 0.25) is 0 Å². The van der Waals surface area contributed by atoms with Crippen molar-refractivity contribution in [2.24, 2.45) is 0 Å². The monoisotopic (exact) mass is 878 g/mol. The van der Waals surface area contributed by atoms with Crippen LogP contribution in [0.1, 0.15) is 117 Å². The van der Waals surface area contributed by atoms with Crippen molar-refractivity contribution in [3.63, 3.8) is 0 Å². The Balaban J connectivity index is 4.64. The molecule has 0 aliphatic heterocycles. The van der Waals surface area contributed by atoms with Gasteiger partial charge < -0.3 is 39.0 Å². The number of allylic oxidation sites excluding steroid dienone is 24. The van der Waals surface area contributed by atoms with Crippen LogP contribution < -0.4 is 15.7 Å². The number of quaternary nitrogens is 1. The second-order valence-electron chi connectivity index (χ2n) is 13.8. The van der Waals surface area contributed by atoms with Crippen LogP contribution >= 0.6 is 7.82 Å². The Hall–Kier alpha value is -4.64. The van der Waals surface area contributed by atoms with Crippen molar-refractivity contribution >= 4 is 25.7 Å². The number of carbonyl (C=O) groups excluding carboxylic acids is 3. The maximum atomic E-state index is 12.6. The Labute approximate surface area is 372 Å². The van der Waals surface area contributed by atoms with Crippen LogP contribution in [0.4, 0.5) is 0 Å². The highest BCUT2D eigenvalue weighted by Gasteiger charge is 2.22. The largest absolute Gasteiger partial charge is 0.756 e. The highest BCUT2D eigenvalue weighted by molar-refractivity contribution is 7.45. The summed E-state index contributed by atoms with van der Waals surface area (Å²) in [5.41, 5.74) is 3.23. The maximum Gasteiger partial charge on any atom is 0.306 e. The average Bonchev–Trinajstić information content (AvgIpc) is 3.25. The minimum absolute atomic E-state index is 0.00434. The van der Waals surface area contributed by atoms with Crippen LogP contribution in [0.25, 0.3) is 0 Å². The van der Waals surface area contributed by atoms with E-state index in [-0.39, 0.29) is 12.8 Å². The van der Waals surface area contributed by atoms with E-state index in [4.69, 9.17) is 14.0 Å². The fraction of sp³-hybridized carbons (Fsp3) is 0.460. The quantitative estimate of drug-likeness (QED) is 0.0357. The molecule has 1 unspecified atom stereocenters. The summed E-state index contributed by atoms with van der Waals surface area (Å²) in [6.07, 6.45) is 60.7. The van der Waals surface area contributed by atoms with Crippen molar-refractivity contribution in [3.05, 3.63) is 146 Å². The molecular weight excluding hydrogens is 806 g/mol. The van der Waals surface area contributed by atoms with Crippen LogP contribution in [-0.2, 0) is 37.5 Å². The number of aliphatic carboxylic acids is 1. The molecule has 0 aromatic carbocycles. The van der Waals surface area contributed by atoms with Gasteiger partial charge in [-0.25, -0.2) is 0 Å². The molecule has 11 nitrogen and oxygen atoms in total. The van der Waals surface area contributed by atoms with E-state index in [0.717, 1.165) is 64.2 Å². The molecule has 0 spiro atoms. The summed E-state index contributed by atoms with van der Waals surface area (Å²) >= 11 is 0. The van der Waals surface area contributed by atoms with Gasteiger partial charge in [-0.15, -0.1) is 0 Å². The minimum atomic E-state index is -5.00. The normalized spacial score (nSPS) is 15.0. The van der Waals surface area contributed by atoms with Gasteiger partial charge in [0.15, 0.2) is 6.10 Å². The van der Waals surface area contributed by atoms with Gasteiger partial charge in [-0.1, -0.05) is 160 Å². The summed E-state index contributed by atoms with van der Waals surface area (Å²) in [6.45, 7) is 2.29. The summed E-state index contributed by atoms with van der Waals surface area (Å²) in [5, 5.41) is 10.9. The molecule has 0 rings (SSSR count). The van der Waals surface area contributed by atoms with Gasteiger partial charge in [0, 0.05) is 12.8 Å². The first-order chi connectivity index (χ1) is 30.1. The molecule has 0 heterocycles. The number of carboxylic acid groups (broad SMARTS) is 1. The zero-order valence-corrected chi connectivity index (χ0v) is 38.1. The third-order valence-corrected chi connectivity index (χ3v) is 9.07. The first kappa shape index (κ1) is 57.4. The lowest BCUT2D eigenvalue weighted by atomic mass is 10.2. The Morgan fingerprint density at radius 1 is 0.484 bits per heavy atom. The second-order valence-corrected chi connectivity index (χ2v) is 15.2. The van der Waals surface area contributed by atoms with E-state index in [1.807, 2.05) is 36.5 Å². The SMILES string of the molecule is CC/C=C\C/C=C\C/C=C\C/C=C\C/C=C\C/C=C\CCC(=O)OC[C@H](COP(=O)([O-])OC[C@H]([NH3+])C(=O)[O-])OC(=O)CC/C=C\C/C=C\C/C=C\C/C=C\C/C=C\C/C=C\CC. The Morgan fingerprint density at radius 3 is 1.13 bits per heavy atom. The molecule has 0 saturated heterocycles. The number of ether oxygens (including phenoxy) is 2. The maximum absolute atomic E-state index is 12.6. The lowest BCUT2D eigenvalue weighted by Gasteiger charge is -2.26. The molecule has 0 aliphatic rings. The molecule has 0 aliphatic carbocycles. The van der Waals surface area contributed by atoms with Crippen molar-refractivity contribution in [1.29, 1.82) is 0 Å². The van der Waals surface area contributed by atoms with Crippen molar-refractivity contribution < 1.29 is 53.2 Å². The summed E-state index contributed by atoms with van der Waals surface area (Å²) in [5.74, 6) is -2.82. The molecule has 0 aromatic heterocycles. The number of rotatable bonds is 38. The van der Waals surface area contributed by atoms with Gasteiger partial charge >= 0.3 is 11.9 Å². The van der Waals surface area contributed by atoms with Crippen molar-refractivity contribution in [3.8, 4) is 0 Å². The molecule has 3 atom stereocenters. The predicted octanol–water partition coefficient (Wildman–Crippen LogP) is 9.26. The second kappa shape index (κ2) is 43.0. The number of phosphoric ester groups is 1. The first-order valence-corrected chi connectivity index (χ1v) is 23.4. The minimum Gasteiger partial charge on any atom is -0.756 e. The lowest BCUT2D eigenvalue weighted by Crippen LogP contribution is -2.70. The number of carbonyl (C=O) groups is 3. The van der Waals surface area contributed by atoms with Crippen molar-refractivity contribution in [2.45, 2.75) is 129 Å². The van der Waals surface area contributed by atoms with Gasteiger partial charge in [0.1, 0.15) is 25.2 Å². The zero-order chi connectivity index (χ0) is 45.6. The van der Waals surface area contributed by atoms with Gasteiger partial charge in [-0.05, 0) is 89.9 Å². The Kier molecular flexibility index (Phi) is 39.8. The van der Waals surface area contributed by atoms with Crippen LogP contribution in [-0.4, -0.2) is 49.9 Å². The average molecular weight is 879 g/mol. The molecule has 0 fully saturated rings. The molecule has 0 saturated carbocycles. The van der Waals surface area contributed by atoms with Crippen molar-refractivity contribution in [1.82, 2.24) is 0 Å². The Bertz CT molecular complexity index is 1600. The first-order valence-electron chi connectivity index (χ1n) is 21.9. The molecular formula is C50H73NO10P-. The van der Waals surface area contributed by atoms with Crippen LogP contribution in [0.3, 0.4) is 0 Å². The number of hydrogen-bond acceptors (Lipinski definition) is 10. The Morgan fingerprint density at radius 2 is 0.790 bits per heavy atom. The van der Waals surface area contributed by atoms with E-state index in [1.54, 1.807) is 0 Å². The molecule has 62 heavy (non-hydrogen) atoms. The fourth-order valence-corrected chi connectivity index (χ4v) is 5.55. The molecule has 0 amide bonds. The summed E-state index contributed by atoms with van der Waals surface area (Å²) in [4.78, 5) is 48.0. The standard InChI is InChI=1S/C50H74NO10P/c1-3-5-7-9-11-13-15-17-19-21-23-25-27-29-31-33-35-37-39-41-48(52)58-43-46(44-59-62(56,57)60-45-47(51)50(54)55)61-49(53)42-40-38-36-34-32-30-28-26-24-22-20-18-16-14-12-10-8-6-4-2/h5-8,11-14,17-20,23-26,29-32,35-38,46-47H,3-4,9-10,15-16,21-22,27-28,33-34,39-45,51H2,1-2H3,(H,54,55)(H,56,57)/p-1/b7-5-,8-6-,13-11-,14-12-,19-17-,20-18-,25-23-,26-24-,31-29-,32-30-,37-35-,38-36-/t46-,47+/m1/s1. The van der Waals surface area contributed by atoms with Gasteiger partial charge in [-0.3, -0.25) is 14.2 Å². The van der Waals surface area contributed by atoms with E-state index in [2.05, 4.69) is 133 Å². The van der Waals surface area contributed by atoms with E-state index < -0.39 is 57.7 Å². The third-order valence-electron chi connectivity index (χ3n) is 8.14.